The van der Waals surface area contributed by atoms with Crippen LogP contribution in [0.4, 0.5) is 0 Å². The lowest BCUT2D eigenvalue weighted by molar-refractivity contribution is -0.130. The molecule has 1 heterocycles. The zero-order valence-electron chi connectivity index (χ0n) is 23.9. The predicted octanol–water partition coefficient (Wildman–Crippen LogP) is 7.84. The molecule has 4 aliphatic carbocycles. The molecule has 1 aromatic heterocycles. The van der Waals surface area contributed by atoms with Crippen LogP contribution in [0.2, 0.25) is 18.1 Å². The maximum absolute atomic E-state index is 11.9. The van der Waals surface area contributed by atoms with Crippen molar-refractivity contribution in [2.45, 2.75) is 116 Å². The normalized spacial score (nSPS) is 40.8. The van der Waals surface area contributed by atoms with Crippen molar-refractivity contribution in [2.75, 3.05) is 13.2 Å². The number of allylic oxidation sites excluding steroid dienone is 1. The van der Waals surface area contributed by atoms with Crippen LogP contribution in [0.25, 0.3) is 0 Å². The van der Waals surface area contributed by atoms with E-state index in [2.05, 4.69) is 53.8 Å². The quantitative estimate of drug-likeness (QED) is 0.239. The van der Waals surface area contributed by atoms with Crippen molar-refractivity contribution < 1.29 is 18.7 Å². The number of furan rings is 1. The minimum absolute atomic E-state index is 0.0653. The molecule has 4 nitrogen and oxygen atoms in total. The second kappa shape index (κ2) is 9.10. The van der Waals surface area contributed by atoms with Gasteiger partial charge in [-0.3, -0.25) is 0 Å². The summed E-state index contributed by atoms with van der Waals surface area (Å²) < 4.78 is 18.1. The molecule has 0 aliphatic heterocycles. The fraction of sp³-hybridized carbons (Fsp3) is 0.806. The Morgan fingerprint density at radius 3 is 2.50 bits per heavy atom. The third kappa shape index (κ3) is 4.11. The highest BCUT2D eigenvalue weighted by Gasteiger charge is 2.64. The highest BCUT2D eigenvalue weighted by atomic mass is 28.4. The maximum atomic E-state index is 11.9. The molecule has 0 radical (unpaired) electrons. The van der Waals surface area contributed by atoms with Crippen molar-refractivity contribution in [2.24, 2.45) is 28.6 Å². The van der Waals surface area contributed by atoms with E-state index in [0.29, 0.717) is 31.2 Å². The van der Waals surface area contributed by atoms with Crippen LogP contribution in [0.1, 0.15) is 91.5 Å². The van der Waals surface area contributed by atoms with Crippen LogP contribution in [-0.2, 0) is 14.8 Å². The molecule has 0 amide bonds. The fourth-order valence-corrected chi connectivity index (χ4v) is 9.51. The van der Waals surface area contributed by atoms with E-state index in [1.165, 1.54) is 19.3 Å². The van der Waals surface area contributed by atoms with Gasteiger partial charge in [-0.25, -0.2) is 0 Å². The van der Waals surface area contributed by atoms with Crippen LogP contribution in [0.15, 0.2) is 34.7 Å². The van der Waals surface area contributed by atoms with Gasteiger partial charge in [0.25, 0.3) is 0 Å². The van der Waals surface area contributed by atoms with Gasteiger partial charge in [0.2, 0.25) is 0 Å². The summed E-state index contributed by atoms with van der Waals surface area (Å²) in [4.78, 5) is 0. The first kappa shape index (κ1) is 26.7. The molecule has 0 saturated heterocycles. The molecule has 5 heteroatoms. The zero-order chi connectivity index (χ0) is 26.0. The molecule has 202 valence electrons. The molecule has 36 heavy (non-hydrogen) atoms. The zero-order valence-corrected chi connectivity index (χ0v) is 24.9. The molecule has 0 aromatic carbocycles. The summed E-state index contributed by atoms with van der Waals surface area (Å²) >= 11 is 0. The van der Waals surface area contributed by atoms with Crippen LogP contribution in [0, 0.1) is 28.6 Å². The fourth-order valence-electron chi connectivity index (χ4n) is 8.49. The third-order valence-corrected chi connectivity index (χ3v) is 16.5. The van der Waals surface area contributed by atoms with Crippen LogP contribution >= 0.6 is 0 Å². The van der Waals surface area contributed by atoms with E-state index < -0.39 is 13.9 Å². The Labute approximate surface area is 220 Å². The molecule has 3 fully saturated rings. The summed E-state index contributed by atoms with van der Waals surface area (Å²) in [5.41, 5.74) is 2.11. The van der Waals surface area contributed by atoms with E-state index in [1.807, 2.05) is 6.07 Å². The Morgan fingerprint density at radius 2 is 1.81 bits per heavy atom. The van der Waals surface area contributed by atoms with E-state index in [4.69, 9.17) is 13.6 Å². The second-order valence-corrected chi connectivity index (χ2v) is 19.3. The number of hydrogen-bond donors (Lipinski definition) is 1. The smallest absolute Gasteiger partial charge is 0.192 e. The molecular formula is C31H50O4Si. The average Bonchev–Trinajstić information content (AvgIpc) is 3.44. The molecule has 1 N–H and O–H groups in total. The molecule has 5 rings (SSSR count). The van der Waals surface area contributed by atoms with Gasteiger partial charge in [0.05, 0.1) is 37.4 Å². The number of ether oxygens (including phenoxy) is 1. The second-order valence-electron chi connectivity index (χ2n) is 14.5. The lowest BCUT2D eigenvalue weighted by atomic mass is 9.46. The molecule has 3 saturated carbocycles. The van der Waals surface area contributed by atoms with Gasteiger partial charge >= 0.3 is 0 Å². The number of fused-ring (bicyclic) bond motifs is 5. The van der Waals surface area contributed by atoms with Crippen molar-refractivity contribution in [1.29, 1.82) is 0 Å². The summed E-state index contributed by atoms with van der Waals surface area (Å²) in [6.07, 6.45) is 15.3. The first-order valence-corrected chi connectivity index (χ1v) is 17.4. The van der Waals surface area contributed by atoms with Gasteiger partial charge in [0, 0.05) is 11.0 Å². The van der Waals surface area contributed by atoms with Gasteiger partial charge in [-0.05, 0) is 98.7 Å². The molecular weight excluding hydrogens is 464 g/mol. The highest BCUT2D eigenvalue weighted by molar-refractivity contribution is 6.74. The summed E-state index contributed by atoms with van der Waals surface area (Å²) in [7, 11) is -1.71. The summed E-state index contributed by atoms with van der Waals surface area (Å²) in [6, 6.07) is 1.98. The predicted molar refractivity (Wildman–Crippen MR) is 147 cm³/mol. The third-order valence-electron chi connectivity index (χ3n) is 11.9. The first-order valence-electron chi connectivity index (χ1n) is 14.5. The minimum Gasteiger partial charge on any atom is -0.472 e. The van der Waals surface area contributed by atoms with Gasteiger partial charge in [-0.2, -0.15) is 0 Å². The SMILES string of the molecule is CC(C)(C)[Si](C)(C)OCCO[C@H]1CC[C@@]2(C)C(=CC[C@@H]3[C@@H]2CC[C@@]2(C)[C@H]3CC[C@@]2(O)c2ccoc2)C1. The van der Waals surface area contributed by atoms with E-state index in [-0.39, 0.29) is 15.9 Å². The first-order chi connectivity index (χ1) is 16.8. The number of aliphatic hydroxyl groups is 1. The molecule has 1 aromatic rings. The molecule has 0 spiro atoms. The van der Waals surface area contributed by atoms with E-state index in [0.717, 1.165) is 43.6 Å². The lowest BCUT2D eigenvalue weighted by Gasteiger charge is -2.59. The Morgan fingerprint density at radius 1 is 1.06 bits per heavy atom. The van der Waals surface area contributed by atoms with Gasteiger partial charge in [-0.15, -0.1) is 0 Å². The Balaban J connectivity index is 1.23. The largest absolute Gasteiger partial charge is 0.472 e. The molecule has 0 unspecified atom stereocenters. The molecule has 0 bridgehead atoms. The summed E-state index contributed by atoms with van der Waals surface area (Å²) in [5, 5.41) is 12.2. The Hall–Kier alpha value is -0.883. The van der Waals surface area contributed by atoms with Gasteiger partial charge in [0.15, 0.2) is 8.32 Å². The Kier molecular flexibility index (Phi) is 6.75. The maximum Gasteiger partial charge on any atom is 0.192 e. The summed E-state index contributed by atoms with van der Waals surface area (Å²) in [6.45, 7) is 17.9. The number of rotatable bonds is 6. The van der Waals surface area contributed by atoms with E-state index in [1.54, 1.807) is 18.1 Å². The monoisotopic (exact) mass is 514 g/mol. The topological polar surface area (TPSA) is 51.8 Å². The number of hydrogen-bond acceptors (Lipinski definition) is 4. The highest BCUT2D eigenvalue weighted by Crippen LogP contribution is 2.69. The van der Waals surface area contributed by atoms with Crippen LogP contribution in [0.5, 0.6) is 0 Å². The molecule has 4 aliphatic rings. The van der Waals surface area contributed by atoms with Crippen LogP contribution in [0.3, 0.4) is 0 Å². The van der Waals surface area contributed by atoms with Crippen LogP contribution in [-0.4, -0.2) is 32.7 Å². The van der Waals surface area contributed by atoms with Crippen molar-refractivity contribution in [3.8, 4) is 0 Å². The van der Waals surface area contributed by atoms with Crippen molar-refractivity contribution in [1.82, 2.24) is 0 Å². The molecule has 7 atom stereocenters. The minimum atomic E-state index is -1.71. The van der Waals surface area contributed by atoms with Gasteiger partial charge in [-0.1, -0.05) is 46.3 Å². The van der Waals surface area contributed by atoms with E-state index in [9.17, 15) is 5.11 Å². The van der Waals surface area contributed by atoms with Crippen LogP contribution < -0.4 is 0 Å². The summed E-state index contributed by atoms with van der Waals surface area (Å²) in [5.74, 6) is 1.98. The van der Waals surface area contributed by atoms with E-state index >= 15 is 0 Å². The Bertz CT molecular complexity index is 962. The standard InChI is InChI=1S/C31H50O4Si/c1-28(2,3)36(6,7)35-19-18-34-24-10-14-29(4)22(20-24)8-9-25-26(29)11-15-30(5)27(25)12-16-31(30,32)23-13-17-33-21-23/h8,13,17,21,24-27,32H,9-12,14-16,18-20H2,1-7H3/t24-,25+,26-,27-,29-,30-,31+/m0/s1. The lowest BCUT2D eigenvalue weighted by Crippen LogP contribution is -2.53. The van der Waals surface area contributed by atoms with Gasteiger partial charge in [0.1, 0.15) is 0 Å². The van der Waals surface area contributed by atoms with Crippen molar-refractivity contribution in [3.05, 3.63) is 35.8 Å². The van der Waals surface area contributed by atoms with Gasteiger partial charge < -0.3 is 18.7 Å². The van der Waals surface area contributed by atoms with Crippen molar-refractivity contribution >= 4 is 8.32 Å². The van der Waals surface area contributed by atoms with Crippen molar-refractivity contribution in [3.63, 3.8) is 0 Å². The average molecular weight is 515 g/mol.